The van der Waals surface area contributed by atoms with Gasteiger partial charge in [-0.25, -0.2) is 0 Å². The molecular formula is C25H30Cl2N2O2. The van der Waals surface area contributed by atoms with Gasteiger partial charge < -0.3 is 10.2 Å². The number of benzene rings is 2. The molecule has 1 saturated carbocycles. The van der Waals surface area contributed by atoms with E-state index in [4.69, 9.17) is 23.2 Å². The molecule has 0 aliphatic heterocycles. The van der Waals surface area contributed by atoms with Crippen molar-refractivity contribution in [3.63, 3.8) is 0 Å². The van der Waals surface area contributed by atoms with E-state index >= 15 is 0 Å². The van der Waals surface area contributed by atoms with E-state index in [1.807, 2.05) is 37.3 Å². The zero-order chi connectivity index (χ0) is 22.2. The smallest absolute Gasteiger partial charge is 0.243 e. The molecule has 1 atom stereocenters. The van der Waals surface area contributed by atoms with Crippen molar-refractivity contribution in [2.45, 2.75) is 70.5 Å². The number of rotatable bonds is 8. The van der Waals surface area contributed by atoms with Crippen LogP contribution in [0.2, 0.25) is 10.0 Å². The number of hydrogen-bond donors (Lipinski definition) is 1. The summed E-state index contributed by atoms with van der Waals surface area (Å²) in [6.45, 7) is 2.33. The van der Waals surface area contributed by atoms with E-state index in [2.05, 4.69) is 5.32 Å². The van der Waals surface area contributed by atoms with Crippen LogP contribution in [-0.2, 0) is 22.6 Å². The normalized spacial score (nSPS) is 15.3. The first kappa shape index (κ1) is 23.6. The van der Waals surface area contributed by atoms with Crippen LogP contribution in [0.25, 0.3) is 0 Å². The summed E-state index contributed by atoms with van der Waals surface area (Å²) in [5, 5.41) is 4.18. The summed E-state index contributed by atoms with van der Waals surface area (Å²) in [6.07, 6.45) is 6.20. The van der Waals surface area contributed by atoms with Gasteiger partial charge in [-0.1, -0.05) is 85.8 Å². The van der Waals surface area contributed by atoms with Gasteiger partial charge in [0, 0.05) is 22.6 Å². The van der Waals surface area contributed by atoms with Crippen LogP contribution in [0.3, 0.4) is 0 Å². The molecule has 1 aliphatic carbocycles. The number of nitrogens with one attached hydrogen (secondary N) is 1. The Hall–Kier alpha value is -2.04. The summed E-state index contributed by atoms with van der Waals surface area (Å²) in [4.78, 5) is 28.3. The molecule has 2 aromatic rings. The molecule has 0 unspecified atom stereocenters. The van der Waals surface area contributed by atoms with Crippen LogP contribution in [0.5, 0.6) is 0 Å². The van der Waals surface area contributed by atoms with Crippen molar-refractivity contribution >= 4 is 35.0 Å². The molecule has 4 nitrogen and oxygen atoms in total. The minimum Gasteiger partial charge on any atom is -0.352 e. The first-order chi connectivity index (χ1) is 15.0. The fourth-order valence-corrected chi connectivity index (χ4v) is 4.65. The number of carbonyl (C=O) groups excluding carboxylic acids is 2. The van der Waals surface area contributed by atoms with Crippen molar-refractivity contribution in [3.8, 4) is 0 Å². The van der Waals surface area contributed by atoms with E-state index in [1.54, 1.807) is 23.1 Å². The molecule has 6 heteroatoms. The molecular weight excluding hydrogens is 431 g/mol. The van der Waals surface area contributed by atoms with E-state index in [-0.39, 0.29) is 24.3 Å². The molecule has 1 aliphatic rings. The highest BCUT2D eigenvalue weighted by Crippen LogP contribution is 2.23. The third-order valence-electron chi connectivity index (χ3n) is 5.89. The molecule has 2 aromatic carbocycles. The van der Waals surface area contributed by atoms with Gasteiger partial charge in [0.05, 0.1) is 6.42 Å². The van der Waals surface area contributed by atoms with Crippen LogP contribution in [-0.4, -0.2) is 28.8 Å². The molecule has 3 rings (SSSR count). The average molecular weight is 461 g/mol. The highest BCUT2D eigenvalue weighted by atomic mass is 35.5. The summed E-state index contributed by atoms with van der Waals surface area (Å²) in [5.41, 5.74) is 1.69. The second kappa shape index (κ2) is 11.5. The largest absolute Gasteiger partial charge is 0.352 e. The molecule has 0 heterocycles. The van der Waals surface area contributed by atoms with Gasteiger partial charge in [0.25, 0.3) is 0 Å². The van der Waals surface area contributed by atoms with Gasteiger partial charge in [0.15, 0.2) is 0 Å². The molecule has 2 amide bonds. The molecule has 0 radical (unpaired) electrons. The average Bonchev–Trinajstić information content (AvgIpc) is 2.77. The van der Waals surface area contributed by atoms with E-state index < -0.39 is 6.04 Å². The maximum atomic E-state index is 13.4. The monoisotopic (exact) mass is 460 g/mol. The second-order valence-corrected chi connectivity index (χ2v) is 9.03. The second-order valence-electron chi connectivity index (χ2n) is 8.19. The van der Waals surface area contributed by atoms with Crippen LogP contribution in [0.1, 0.15) is 56.6 Å². The molecule has 1 N–H and O–H groups in total. The summed E-state index contributed by atoms with van der Waals surface area (Å²) < 4.78 is 0. The Balaban J connectivity index is 1.80. The van der Waals surface area contributed by atoms with Gasteiger partial charge in [-0.2, -0.15) is 0 Å². The predicted octanol–water partition coefficient (Wildman–Crippen LogP) is 5.79. The van der Waals surface area contributed by atoms with E-state index in [0.717, 1.165) is 31.2 Å². The standard InChI is InChI=1S/C25H30Cl2N2O2/c1-2-23(25(31)28-21-11-7-4-8-12-21)29(17-18-9-5-3-6-10-18)24(30)15-19-13-14-20(26)16-22(19)27/h3,5-6,9-10,13-14,16,21,23H,2,4,7-8,11-12,15,17H2,1H3,(H,28,31)/t23-/m1/s1. The van der Waals surface area contributed by atoms with E-state index in [1.165, 1.54) is 6.42 Å². The van der Waals surface area contributed by atoms with Crippen LogP contribution in [0.4, 0.5) is 0 Å². The lowest BCUT2D eigenvalue weighted by Crippen LogP contribution is -2.52. The molecule has 166 valence electrons. The lowest BCUT2D eigenvalue weighted by atomic mass is 9.95. The van der Waals surface area contributed by atoms with E-state index in [9.17, 15) is 9.59 Å². The van der Waals surface area contributed by atoms with Gasteiger partial charge in [0.2, 0.25) is 11.8 Å². The molecule has 0 saturated heterocycles. The van der Waals surface area contributed by atoms with Gasteiger partial charge >= 0.3 is 0 Å². The lowest BCUT2D eigenvalue weighted by Gasteiger charge is -2.33. The zero-order valence-corrected chi connectivity index (χ0v) is 19.5. The molecule has 0 bridgehead atoms. The lowest BCUT2D eigenvalue weighted by molar-refractivity contribution is -0.141. The predicted molar refractivity (Wildman–Crippen MR) is 126 cm³/mol. The Bertz CT molecular complexity index is 882. The van der Waals surface area contributed by atoms with Crippen LogP contribution in [0.15, 0.2) is 48.5 Å². The van der Waals surface area contributed by atoms with Crippen LogP contribution < -0.4 is 5.32 Å². The zero-order valence-electron chi connectivity index (χ0n) is 17.9. The summed E-state index contributed by atoms with van der Waals surface area (Å²) in [6, 6.07) is 14.6. The Morgan fingerprint density at radius 2 is 1.77 bits per heavy atom. The highest BCUT2D eigenvalue weighted by Gasteiger charge is 2.30. The summed E-state index contributed by atoms with van der Waals surface area (Å²) in [7, 11) is 0. The SMILES string of the molecule is CC[C@H](C(=O)NC1CCCCC1)N(Cc1ccccc1)C(=O)Cc1ccc(Cl)cc1Cl. The van der Waals surface area contributed by atoms with Gasteiger partial charge in [-0.05, 0) is 42.5 Å². The third-order valence-corrected chi connectivity index (χ3v) is 6.48. The maximum absolute atomic E-state index is 13.4. The van der Waals surface area contributed by atoms with Crippen molar-refractivity contribution in [1.82, 2.24) is 10.2 Å². The van der Waals surface area contributed by atoms with Crippen molar-refractivity contribution in [2.75, 3.05) is 0 Å². The minimum absolute atomic E-state index is 0.0686. The molecule has 1 fully saturated rings. The summed E-state index contributed by atoms with van der Waals surface area (Å²) >= 11 is 12.3. The first-order valence-corrected chi connectivity index (χ1v) is 11.8. The number of hydrogen-bond acceptors (Lipinski definition) is 2. The Morgan fingerprint density at radius 1 is 1.06 bits per heavy atom. The van der Waals surface area contributed by atoms with Gasteiger partial charge in [0.1, 0.15) is 6.04 Å². The number of nitrogens with zero attached hydrogens (tertiary/aromatic N) is 1. The minimum atomic E-state index is -0.527. The van der Waals surface area contributed by atoms with Crippen LogP contribution in [0, 0.1) is 0 Å². The number of halogens is 2. The molecule has 0 spiro atoms. The van der Waals surface area contributed by atoms with Crippen molar-refractivity contribution < 1.29 is 9.59 Å². The van der Waals surface area contributed by atoms with Crippen molar-refractivity contribution in [1.29, 1.82) is 0 Å². The molecule has 0 aromatic heterocycles. The molecule has 31 heavy (non-hydrogen) atoms. The third kappa shape index (κ3) is 6.72. The van der Waals surface area contributed by atoms with Crippen LogP contribution >= 0.6 is 23.2 Å². The fraction of sp³-hybridized carbons (Fsp3) is 0.440. The Morgan fingerprint density at radius 3 is 2.42 bits per heavy atom. The van der Waals surface area contributed by atoms with Gasteiger partial charge in [-0.3, -0.25) is 9.59 Å². The number of carbonyl (C=O) groups is 2. The Kier molecular flexibility index (Phi) is 8.79. The van der Waals surface area contributed by atoms with E-state index in [0.29, 0.717) is 28.6 Å². The summed E-state index contributed by atoms with van der Waals surface area (Å²) in [5.74, 6) is -0.195. The fourth-order valence-electron chi connectivity index (χ4n) is 4.17. The highest BCUT2D eigenvalue weighted by molar-refractivity contribution is 6.35. The van der Waals surface area contributed by atoms with Gasteiger partial charge in [-0.15, -0.1) is 0 Å². The van der Waals surface area contributed by atoms with Crippen molar-refractivity contribution in [3.05, 3.63) is 69.7 Å². The Labute approximate surface area is 194 Å². The topological polar surface area (TPSA) is 49.4 Å². The van der Waals surface area contributed by atoms with Crippen molar-refractivity contribution in [2.24, 2.45) is 0 Å². The first-order valence-electron chi connectivity index (χ1n) is 11.1. The maximum Gasteiger partial charge on any atom is 0.243 e. The number of amides is 2. The quantitative estimate of drug-likeness (QED) is 0.541.